The molecule has 11 heteroatoms. The first-order valence-electron chi connectivity index (χ1n) is 12.6. The maximum atomic E-state index is 13.7. The molecule has 4 aromatic rings. The van der Waals surface area contributed by atoms with Crippen LogP contribution in [0.5, 0.6) is 0 Å². The van der Waals surface area contributed by atoms with Crippen molar-refractivity contribution < 1.29 is 22.9 Å². The molecule has 1 fully saturated rings. The Morgan fingerprint density at radius 1 is 1.13 bits per heavy atom. The van der Waals surface area contributed by atoms with Gasteiger partial charge in [0.25, 0.3) is 10.0 Å². The van der Waals surface area contributed by atoms with Gasteiger partial charge in [-0.25, -0.2) is 17.4 Å². The highest BCUT2D eigenvalue weighted by Crippen LogP contribution is 2.45. The number of benzene rings is 1. The maximum Gasteiger partial charge on any atom is 0.330 e. The van der Waals surface area contributed by atoms with E-state index in [0.717, 1.165) is 22.9 Å². The molecule has 0 aliphatic carbocycles. The molecule has 200 valence electrons. The standard InChI is InChI=1S/C27H33BN4O5S/c1-26(2)18-28(37-27(26,3)4)24-16-32(38(34,35)22-9-7-6-8-10-22)25-23(24)11-19(12-29-25)20-13-30-31(14-20)15-21(33)17-36-5/h6-14,16,21,33H,15,17-18H2,1-5H3. The lowest BCUT2D eigenvalue weighted by Gasteiger charge is -2.34. The van der Waals surface area contributed by atoms with Crippen LogP contribution in [0.4, 0.5) is 0 Å². The fourth-order valence-corrected chi connectivity index (χ4v) is 6.27. The van der Waals surface area contributed by atoms with Crippen molar-refractivity contribution >= 4 is 33.4 Å². The van der Waals surface area contributed by atoms with Gasteiger partial charge in [-0.15, -0.1) is 0 Å². The van der Waals surface area contributed by atoms with Crippen LogP contribution in [0.25, 0.3) is 22.2 Å². The zero-order valence-corrected chi connectivity index (χ0v) is 23.1. The van der Waals surface area contributed by atoms with Crippen LogP contribution >= 0.6 is 0 Å². The van der Waals surface area contributed by atoms with Gasteiger partial charge in [-0.1, -0.05) is 32.0 Å². The fraction of sp³-hybridized carbons (Fsp3) is 0.407. The molecule has 0 saturated carbocycles. The summed E-state index contributed by atoms with van der Waals surface area (Å²) in [6.07, 6.45) is 6.92. The number of aromatic nitrogens is 4. The first-order valence-corrected chi connectivity index (χ1v) is 14.1. The highest BCUT2D eigenvalue weighted by molar-refractivity contribution is 7.90. The zero-order valence-electron chi connectivity index (χ0n) is 22.3. The summed E-state index contributed by atoms with van der Waals surface area (Å²) < 4.78 is 41.8. The van der Waals surface area contributed by atoms with E-state index >= 15 is 0 Å². The van der Waals surface area contributed by atoms with Crippen molar-refractivity contribution in [3.05, 3.63) is 61.2 Å². The summed E-state index contributed by atoms with van der Waals surface area (Å²) in [5.74, 6) is 0. The van der Waals surface area contributed by atoms with Gasteiger partial charge in [0.05, 0.1) is 35.9 Å². The van der Waals surface area contributed by atoms with E-state index in [4.69, 9.17) is 9.39 Å². The fourth-order valence-electron chi connectivity index (χ4n) is 4.92. The van der Waals surface area contributed by atoms with Crippen molar-refractivity contribution in [2.75, 3.05) is 13.7 Å². The number of methoxy groups -OCH3 is 1. The second kappa shape index (κ2) is 9.64. The molecule has 3 aromatic heterocycles. The van der Waals surface area contributed by atoms with E-state index in [9.17, 15) is 13.5 Å². The average molecular weight is 536 g/mol. The van der Waals surface area contributed by atoms with Gasteiger partial charge in [-0.05, 0) is 49.2 Å². The van der Waals surface area contributed by atoms with Gasteiger partial charge in [0, 0.05) is 42.2 Å². The lowest BCUT2D eigenvalue weighted by molar-refractivity contribution is 0.0376. The number of hydrogen-bond acceptors (Lipinski definition) is 7. The summed E-state index contributed by atoms with van der Waals surface area (Å²) in [4.78, 5) is 4.83. The molecule has 9 nitrogen and oxygen atoms in total. The Labute approximate surface area is 223 Å². The smallest absolute Gasteiger partial charge is 0.330 e. The molecule has 1 aromatic carbocycles. The molecule has 4 heterocycles. The largest absolute Gasteiger partial charge is 0.425 e. The minimum absolute atomic E-state index is 0.111. The Hall–Kier alpha value is -2.99. The van der Waals surface area contributed by atoms with Crippen LogP contribution in [0.3, 0.4) is 0 Å². The predicted molar refractivity (Wildman–Crippen MR) is 147 cm³/mol. The van der Waals surface area contributed by atoms with E-state index in [1.165, 1.54) is 11.1 Å². The van der Waals surface area contributed by atoms with Crippen LogP contribution < -0.4 is 5.46 Å². The minimum Gasteiger partial charge on any atom is -0.425 e. The minimum atomic E-state index is -3.88. The lowest BCUT2D eigenvalue weighted by atomic mass is 9.54. The quantitative estimate of drug-likeness (QED) is 0.345. The number of hydrogen-bond donors (Lipinski definition) is 1. The number of pyridine rings is 1. The Morgan fingerprint density at radius 2 is 1.87 bits per heavy atom. The van der Waals surface area contributed by atoms with Gasteiger partial charge in [0.15, 0.2) is 5.65 Å². The topological polar surface area (TPSA) is 108 Å². The second-order valence-corrected chi connectivity index (χ2v) is 12.9. The molecule has 0 amide bonds. The molecule has 1 unspecified atom stereocenters. The number of ether oxygens (including phenoxy) is 1. The van der Waals surface area contributed by atoms with Crippen LogP contribution in [0, 0.1) is 5.41 Å². The Balaban J connectivity index is 1.62. The summed E-state index contributed by atoms with van der Waals surface area (Å²) in [5, 5.41) is 15.1. The molecule has 38 heavy (non-hydrogen) atoms. The van der Waals surface area contributed by atoms with E-state index in [0.29, 0.717) is 17.6 Å². The third kappa shape index (κ3) is 4.68. The van der Waals surface area contributed by atoms with Crippen LogP contribution in [0.15, 0.2) is 66.1 Å². The summed E-state index contributed by atoms with van der Waals surface area (Å²) in [6.45, 7) is 8.70. The van der Waals surface area contributed by atoms with Gasteiger partial charge in [0.2, 0.25) is 0 Å². The highest BCUT2D eigenvalue weighted by atomic mass is 32.2. The van der Waals surface area contributed by atoms with E-state index in [1.807, 2.05) is 12.3 Å². The van der Waals surface area contributed by atoms with E-state index in [2.05, 4.69) is 37.8 Å². The van der Waals surface area contributed by atoms with Crippen LogP contribution in [0.1, 0.15) is 27.7 Å². The average Bonchev–Trinajstić information content (AvgIpc) is 3.53. The molecule has 0 radical (unpaired) electrons. The molecule has 1 aliphatic rings. The van der Waals surface area contributed by atoms with Crippen LogP contribution in [0.2, 0.25) is 6.32 Å². The molecule has 5 rings (SSSR count). The number of aliphatic hydroxyl groups is 1. The molecule has 1 aliphatic heterocycles. The summed E-state index contributed by atoms with van der Waals surface area (Å²) >= 11 is 0. The van der Waals surface area contributed by atoms with Crippen molar-refractivity contribution in [1.82, 2.24) is 18.7 Å². The van der Waals surface area contributed by atoms with Gasteiger partial charge < -0.3 is 14.5 Å². The molecular formula is C27H33BN4O5S. The Morgan fingerprint density at radius 3 is 2.53 bits per heavy atom. The molecular weight excluding hydrogens is 503 g/mol. The van der Waals surface area contributed by atoms with E-state index in [-0.39, 0.29) is 29.4 Å². The van der Waals surface area contributed by atoms with Crippen molar-refractivity contribution in [2.24, 2.45) is 5.41 Å². The predicted octanol–water partition coefficient (Wildman–Crippen LogP) is 3.18. The van der Waals surface area contributed by atoms with E-state index in [1.54, 1.807) is 53.6 Å². The summed E-state index contributed by atoms with van der Waals surface area (Å²) in [7, 11) is -2.34. The number of rotatable bonds is 8. The molecule has 1 saturated heterocycles. The number of nitrogens with zero attached hydrogens (tertiary/aromatic N) is 4. The normalized spacial score (nSPS) is 17.8. The van der Waals surface area contributed by atoms with Gasteiger partial charge >= 0.3 is 6.92 Å². The van der Waals surface area contributed by atoms with Gasteiger partial charge in [-0.3, -0.25) is 4.68 Å². The summed E-state index contributed by atoms with van der Waals surface area (Å²) in [5.41, 5.74) is 2.23. The van der Waals surface area contributed by atoms with Crippen molar-refractivity contribution in [3.8, 4) is 11.1 Å². The van der Waals surface area contributed by atoms with Crippen molar-refractivity contribution in [2.45, 2.75) is 57.2 Å². The second-order valence-electron chi connectivity index (χ2n) is 11.1. The van der Waals surface area contributed by atoms with Gasteiger partial charge in [0.1, 0.15) is 0 Å². The van der Waals surface area contributed by atoms with E-state index < -0.39 is 16.1 Å². The van der Waals surface area contributed by atoms with Gasteiger partial charge in [-0.2, -0.15) is 5.10 Å². The van der Waals surface area contributed by atoms with Crippen LogP contribution in [-0.2, 0) is 26.0 Å². The zero-order chi connectivity index (χ0) is 27.3. The van der Waals surface area contributed by atoms with Crippen LogP contribution in [-0.4, -0.2) is 64.6 Å². The maximum absolute atomic E-state index is 13.7. The van der Waals surface area contributed by atoms with Crippen molar-refractivity contribution in [1.29, 1.82) is 0 Å². The lowest BCUT2D eigenvalue weighted by Crippen LogP contribution is -2.36. The summed E-state index contributed by atoms with van der Waals surface area (Å²) in [6, 6.07) is 10.3. The third-order valence-corrected chi connectivity index (χ3v) is 9.44. The SMILES string of the molecule is COCC(O)Cn1cc(-c2cnc3c(c2)c(B2CC(C)(C)C(C)(C)O2)cn3S(=O)(=O)c2ccccc2)cn1. The molecule has 0 spiro atoms. The molecule has 0 bridgehead atoms. The highest BCUT2D eigenvalue weighted by Gasteiger charge is 2.50. The monoisotopic (exact) mass is 536 g/mol. The Kier molecular flexibility index (Phi) is 6.75. The first kappa shape index (κ1) is 26.6. The number of aliphatic hydroxyl groups excluding tert-OH is 1. The van der Waals surface area contributed by atoms with Crippen molar-refractivity contribution in [3.63, 3.8) is 0 Å². The molecule has 1 N–H and O–H groups in total. The Bertz CT molecular complexity index is 1550. The first-order chi connectivity index (χ1) is 17.9. The number of fused-ring (bicyclic) bond motifs is 1. The third-order valence-electron chi connectivity index (χ3n) is 7.78. The molecule has 1 atom stereocenters.